The van der Waals surface area contributed by atoms with Gasteiger partial charge in [0, 0.05) is 5.56 Å². The van der Waals surface area contributed by atoms with Crippen LogP contribution in [0.15, 0.2) is 42.5 Å². The van der Waals surface area contributed by atoms with Gasteiger partial charge in [-0.1, -0.05) is 18.2 Å². The molecule has 0 radical (unpaired) electrons. The van der Waals surface area contributed by atoms with Crippen molar-refractivity contribution in [2.45, 2.75) is 13.8 Å². The molecule has 0 spiro atoms. The first-order valence-corrected chi connectivity index (χ1v) is 5.87. The van der Waals surface area contributed by atoms with E-state index in [9.17, 15) is 4.79 Å². The quantitative estimate of drug-likeness (QED) is 0.761. The lowest BCUT2D eigenvalue weighted by molar-refractivity contribution is 0.101. The number of benzene rings is 2. The molecule has 0 unspecified atom stereocenters. The zero-order valence-electron chi connectivity index (χ0n) is 10.9. The van der Waals surface area contributed by atoms with Crippen LogP contribution in [0.25, 0.3) is 11.1 Å². The van der Waals surface area contributed by atoms with Gasteiger partial charge >= 0.3 is 0 Å². The third-order valence-electron chi connectivity index (χ3n) is 2.91. The van der Waals surface area contributed by atoms with Crippen molar-refractivity contribution in [3.05, 3.63) is 53.6 Å². The molecule has 0 aliphatic heterocycles. The Balaban J connectivity index is 2.46. The Hall–Kier alpha value is -2.09. The maximum absolute atomic E-state index is 11.5. The molecule has 0 saturated carbocycles. The van der Waals surface area contributed by atoms with Crippen LogP contribution >= 0.6 is 0 Å². The van der Waals surface area contributed by atoms with Crippen molar-refractivity contribution in [2.24, 2.45) is 0 Å². The van der Waals surface area contributed by atoms with Crippen molar-refractivity contribution in [3.63, 3.8) is 0 Å². The van der Waals surface area contributed by atoms with Crippen LogP contribution in [-0.4, -0.2) is 12.9 Å². The molecular weight excluding hydrogens is 224 g/mol. The van der Waals surface area contributed by atoms with Gasteiger partial charge in [0.25, 0.3) is 0 Å². The summed E-state index contributed by atoms with van der Waals surface area (Å²) in [5.41, 5.74) is 3.99. The first kappa shape index (κ1) is 12.4. The second-order valence-electron chi connectivity index (χ2n) is 4.37. The van der Waals surface area contributed by atoms with Gasteiger partial charge in [0.15, 0.2) is 5.78 Å². The Morgan fingerprint density at radius 2 is 1.67 bits per heavy atom. The Kier molecular flexibility index (Phi) is 3.47. The van der Waals surface area contributed by atoms with Gasteiger partial charge < -0.3 is 4.74 Å². The molecule has 0 aliphatic carbocycles. The Morgan fingerprint density at radius 1 is 1.00 bits per heavy atom. The van der Waals surface area contributed by atoms with E-state index in [1.807, 2.05) is 43.3 Å². The van der Waals surface area contributed by atoms with Gasteiger partial charge in [0.05, 0.1) is 7.11 Å². The summed E-state index contributed by atoms with van der Waals surface area (Å²) in [6.07, 6.45) is 0. The zero-order chi connectivity index (χ0) is 13.1. The number of hydrogen-bond donors (Lipinski definition) is 0. The SMILES string of the molecule is COc1ccc(-c2cc(C)cc(C(C)=O)c2)cc1. The van der Waals surface area contributed by atoms with Crippen LogP contribution in [0.3, 0.4) is 0 Å². The summed E-state index contributed by atoms with van der Waals surface area (Å²) in [6, 6.07) is 13.8. The minimum atomic E-state index is 0.0912. The molecule has 2 aromatic carbocycles. The molecule has 0 saturated heterocycles. The summed E-state index contributed by atoms with van der Waals surface area (Å²) in [5, 5.41) is 0. The number of hydrogen-bond acceptors (Lipinski definition) is 2. The molecule has 2 rings (SSSR count). The zero-order valence-corrected chi connectivity index (χ0v) is 10.9. The van der Waals surface area contributed by atoms with E-state index in [1.54, 1.807) is 14.0 Å². The molecule has 0 aromatic heterocycles. The van der Waals surface area contributed by atoms with Crippen molar-refractivity contribution >= 4 is 5.78 Å². The number of methoxy groups -OCH3 is 1. The minimum absolute atomic E-state index is 0.0912. The molecule has 0 N–H and O–H groups in total. The highest BCUT2D eigenvalue weighted by atomic mass is 16.5. The highest BCUT2D eigenvalue weighted by molar-refractivity contribution is 5.95. The molecule has 0 aliphatic rings. The molecule has 2 aromatic rings. The second kappa shape index (κ2) is 5.05. The fourth-order valence-corrected chi connectivity index (χ4v) is 1.94. The van der Waals surface area contributed by atoms with Crippen molar-refractivity contribution in [1.82, 2.24) is 0 Å². The van der Waals surface area contributed by atoms with E-state index in [0.29, 0.717) is 0 Å². The van der Waals surface area contributed by atoms with Gasteiger partial charge in [-0.3, -0.25) is 4.79 Å². The molecule has 0 fully saturated rings. The molecule has 0 atom stereocenters. The Morgan fingerprint density at radius 3 is 2.22 bits per heavy atom. The fraction of sp³-hybridized carbons (Fsp3) is 0.188. The number of rotatable bonds is 3. The Bertz CT molecular complexity index is 568. The van der Waals surface area contributed by atoms with Crippen LogP contribution < -0.4 is 4.74 Å². The number of ketones is 1. The average Bonchev–Trinajstić information content (AvgIpc) is 2.38. The van der Waals surface area contributed by atoms with Gasteiger partial charge in [-0.2, -0.15) is 0 Å². The van der Waals surface area contributed by atoms with Gasteiger partial charge in [-0.05, 0) is 54.8 Å². The predicted molar refractivity (Wildman–Crippen MR) is 73.2 cm³/mol. The molecule has 2 nitrogen and oxygen atoms in total. The van der Waals surface area contributed by atoms with E-state index in [-0.39, 0.29) is 5.78 Å². The monoisotopic (exact) mass is 240 g/mol. The summed E-state index contributed by atoms with van der Waals surface area (Å²) in [7, 11) is 1.65. The number of ether oxygens (including phenoxy) is 1. The lowest BCUT2D eigenvalue weighted by Gasteiger charge is -2.07. The number of aryl methyl sites for hydroxylation is 1. The summed E-state index contributed by atoms with van der Waals surface area (Å²) >= 11 is 0. The van der Waals surface area contributed by atoms with E-state index >= 15 is 0 Å². The van der Waals surface area contributed by atoms with Gasteiger partial charge in [0.1, 0.15) is 5.75 Å². The molecule has 0 bridgehead atoms. The third kappa shape index (κ3) is 2.59. The predicted octanol–water partition coefficient (Wildman–Crippen LogP) is 3.87. The summed E-state index contributed by atoms with van der Waals surface area (Å²) in [5.74, 6) is 0.923. The Labute approximate surface area is 107 Å². The lowest BCUT2D eigenvalue weighted by atomic mass is 9.99. The first-order chi connectivity index (χ1) is 8.60. The maximum atomic E-state index is 11.5. The van der Waals surface area contributed by atoms with Crippen molar-refractivity contribution in [1.29, 1.82) is 0 Å². The number of carbonyl (C=O) groups excluding carboxylic acids is 1. The smallest absolute Gasteiger partial charge is 0.159 e. The van der Waals surface area contributed by atoms with E-state index in [0.717, 1.165) is 28.0 Å². The van der Waals surface area contributed by atoms with E-state index in [4.69, 9.17) is 4.74 Å². The van der Waals surface area contributed by atoms with Crippen LogP contribution in [0.5, 0.6) is 5.75 Å². The third-order valence-corrected chi connectivity index (χ3v) is 2.91. The van der Waals surface area contributed by atoms with Crippen molar-refractivity contribution < 1.29 is 9.53 Å². The molecular formula is C16H16O2. The molecule has 2 heteroatoms. The highest BCUT2D eigenvalue weighted by Gasteiger charge is 2.05. The molecule has 0 heterocycles. The molecule has 18 heavy (non-hydrogen) atoms. The summed E-state index contributed by atoms with van der Waals surface area (Å²) < 4.78 is 5.14. The number of Topliss-reactive ketones (excluding diaryl/α,β-unsaturated/α-hetero) is 1. The molecule has 92 valence electrons. The summed E-state index contributed by atoms with van der Waals surface area (Å²) in [6.45, 7) is 3.59. The van der Waals surface area contributed by atoms with E-state index in [1.165, 1.54) is 0 Å². The minimum Gasteiger partial charge on any atom is -0.497 e. The normalized spacial score (nSPS) is 10.2. The first-order valence-electron chi connectivity index (χ1n) is 5.87. The van der Waals surface area contributed by atoms with Crippen LogP contribution in [0, 0.1) is 6.92 Å². The standard InChI is InChI=1S/C16H16O2/c1-11-8-14(12(2)17)10-15(9-11)13-4-6-16(18-3)7-5-13/h4-10H,1-3H3. The van der Waals surface area contributed by atoms with Gasteiger partial charge in [-0.25, -0.2) is 0 Å². The van der Waals surface area contributed by atoms with Gasteiger partial charge in [-0.15, -0.1) is 0 Å². The maximum Gasteiger partial charge on any atom is 0.159 e. The average molecular weight is 240 g/mol. The second-order valence-corrected chi connectivity index (χ2v) is 4.37. The fourth-order valence-electron chi connectivity index (χ4n) is 1.94. The topological polar surface area (TPSA) is 26.3 Å². The summed E-state index contributed by atoms with van der Waals surface area (Å²) in [4.78, 5) is 11.5. The van der Waals surface area contributed by atoms with E-state index < -0.39 is 0 Å². The highest BCUT2D eigenvalue weighted by Crippen LogP contribution is 2.24. The van der Waals surface area contributed by atoms with Crippen molar-refractivity contribution in [2.75, 3.05) is 7.11 Å². The van der Waals surface area contributed by atoms with Crippen LogP contribution in [0.1, 0.15) is 22.8 Å². The van der Waals surface area contributed by atoms with Crippen LogP contribution in [-0.2, 0) is 0 Å². The lowest BCUT2D eigenvalue weighted by Crippen LogP contribution is -1.93. The number of carbonyl (C=O) groups is 1. The van der Waals surface area contributed by atoms with Crippen LogP contribution in [0.4, 0.5) is 0 Å². The van der Waals surface area contributed by atoms with Crippen molar-refractivity contribution in [3.8, 4) is 16.9 Å². The van der Waals surface area contributed by atoms with Gasteiger partial charge in [0.2, 0.25) is 0 Å². The largest absolute Gasteiger partial charge is 0.497 e. The molecule has 0 amide bonds. The van der Waals surface area contributed by atoms with E-state index in [2.05, 4.69) is 6.07 Å². The van der Waals surface area contributed by atoms with Crippen LogP contribution in [0.2, 0.25) is 0 Å².